The molecule has 0 aromatic heterocycles. The van der Waals surface area contributed by atoms with Crippen molar-refractivity contribution in [3.05, 3.63) is 29.8 Å². The molecule has 1 aliphatic rings. The molecule has 0 saturated carbocycles. The molecule has 1 saturated heterocycles. The third-order valence-electron chi connectivity index (χ3n) is 4.33. The van der Waals surface area contributed by atoms with Gasteiger partial charge in [0.25, 0.3) is 0 Å². The molecule has 2 atom stereocenters. The van der Waals surface area contributed by atoms with Crippen molar-refractivity contribution in [2.75, 3.05) is 19.6 Å². The second-order valence-corrected chi connectivity index (χ2v) is 6.01. The molecule has 1 heterocycles. The molecular weight excluding hydrogens is 308 g/mol. The number of benzene rings is 1. The van der Waals surface area contributed by atoms with Crippen LogP contribution in [0.15, 0.2) is 24.3 Å². The first kappa shape index (κ1) is 18.1. The van der Waals surface area contributed by atoms with Crippen LogP contribution in [0, 0.1) is 0 Å². The van der Waals surface area contributed by atoms with Gasteiger partial charge in [-0.1, -0.05) is 12.1 Å². The Morgan fingerprint density at radius 3 is 2.35 bits per heavy atom. The zero-order valence-corrected chi connectivity index (χ0v) is 13.5. The average Bonchev–Trinajstić information content (AvgIpc) is 2.45. The maximum absolute atomic E-state index is 12.2. The smallest absolute Gasteiger partial charge is 0.437 e. The Bertz CT molecular complexity index is 510. The monoisotopic (exact) mass is 330 g/mol. The molecule has 1 aromatic carbocycles. The zero-order valence-electron chi connectivity index (χ0n) is 13.5. The molecule has 4 nitrogen and oxygen atoms in total. The summed E-state index contributed by atoms with van der Waals surface area (Å²) in [6, 6.07) is 6.35. The summed E-state index contributed by atoms with van der Waals surface area (Å²) in [4.78, 5) is 4.30. The average molecular weight is 330 g/mol. The molecule has 8 heteroatoms. The van der Waals surface area contributed by atoms with Crippen molar-refractivity contribution in [3.63, 3.8) is 0 Å². The minimum Gasteiger partial charge on any atom is -0.437 e. The number of alkyl halides is 3. The summed E-state index contributed by atoms with van der Waals surface area (Å²) in [6.07, 6.45) is -4.67. The van der Waals surface area contributed by atoms with Gasteiger partial charge in [-0.2, -0.15) is 0 Å². The second kappa shape index (κ2) is 7.11. The van der Waals surface area contributed by atoms with Crippen LogP contribution in [0.2, 0.25) is 6.82 Å². The molecule has 1 aliphatic heterocycles. The van der Waals surface area contributed by atoms with Gasteiger partial charge in [-0.3, -0.25) is 4.90 Å². The van der Waals surface area contributed by atoms with Gasteiger partial charge in [0, 0.05) is 31.7 Å². The van der Waals surface area contributed by atoms with Gasteiger partial charge in [0.1, 0.15) is 5.75 Å². The summed E-state index contributed by atoms with van der Waals surface area (Å²) in [6.45, 7) is 8.21. The van der Waals surface area contributed by atoms with Crippen molar-refractivity contribution in [2.45, 2.75) is 39.1 Å². The molecule has 1 N–H and O–H groups in total. The number of ether oxygens (including phenoxy) is 1. The van der Waals surface area contributed by atoms with E-state index < -0.39 is 13.4 Å². The first-order valence-corrected chi connectivity index (χ1v) is 7.71. The first-order chi connectivity index (χ1) is 10.7. The maximum atomic E-state index is 12.2. The summed E-state index contributed by atoms with van der Waals surface area (Å²) in [5, 5.41) is 9.66. The molecule has 128 valence electrons. The van der Waals surface area contributed by atoms with Gasteiger partial charge in [-0.25, -0.2) is 0 Å². The molecule has 0 spiro atoms. The zero-order chi connectivity index (χ0) is 17.2. The number of rotatable bonds is 4. The Balaban J connectivity index is 2.01. The lowest BCUT2D eigenvalue weighted by atomic mass is 9.83. The van der Waals surface area contributed by atoms with Crippen LogP contribution in [0.1, 0.15) is 25.5 Å². The molecule has 2 rings (SSSR count). The van der Waals surface area contributed by atoms with Crippen LogP contribution < -0.4 is 4.74 Å². The van der Waals surface area contributed by atoms with Crippen LogP contribution >= 0.6 is 0 Å². The number of hydrogen-bond donors (Lipinski definition) is 1. The molecule has 0 radical (unpaired) electrons. The van der Waals surface area contributed by atoms with Crippen molar-refractivity contribution in [1.29, 1.82) is 0 Å². The fourth-order valence-corrected chi connectivity index (χ4v) is 3.05. The molecule has 0 aliphatic carbocycles. The Morgan fingerprint density at radius 2 is 1.87 bits per heavy atom. The first-order valence-electron chi connectivity index (χ1n) is 7.71. The van der Waals surface area contributed by atoms with Gasteiger partial charge >= 0.3 is 13.4 Å². The van der Waals surface area contributed by atoms with E-state index in [2.05, 4.69) is 16.6 Å². The van der Waals surface area contributed by atoms with Gasteiger partial charge in [0.2, 0.25) is 0 Å². The number of halogens is 3. The van der Waals surface area contributed by atoms with E-state index in [1.54, 1.807) is 19.0 Å². The predicted molar refractivity (Wildman–Crippen MR) is 83.1 cm³/mol. The van der Waals surface area contributed by atoms with Crippen LogP contribution in [-0.4, -0.2) is 53.8 Å². The Labute approximate surface area is 135 Å². The van der Waals surface area contributed by atoms with Crippen molar-refractivity contribution >= 4 is 7.05 Å². The van der Waals surface area contributed by atoms with Crippen molar-refractivity contribution in [1.82, 2.24) is 9.71 Å². The normalized spacial score (nSPS) is 22.0. The number of piperazine rings is 1. The van der Waals surface area contributed by atoms with E-state index in [1.807, 2.05) is 11.7 Å². The standard InChI is InChI=1S/C15H22BF3N2O2/c1-11-10-20(16(3)22)8-9-21(11)12(2)13-4-6-14(7-5-13)23-15(17,18)19/h4-7,11-12,22H,8-10H2,1-3H3/t11-,12-/m0/s1. The van der Waals surface area contributed by atoms with Crippen LogP contribution in [0.25, 0.3) is 0 Å². The SMILES string of the molecule is CB(O)N1CCN([C@@H](C)c2ccc(OC(F)(F)F)cc2)[C@@H](C)C1. The van der Waals surface area contributed by atoms with Gasteiger partial charge < -0.3 is 14.6 Å². The van der Waals surface area contributed by atoms with Gasteiger partial charge in [-0.15, -0.1) is 13.2 Å². The quantitative estimate of drug-likeness (QED) is 0.862. The van der Waals surface area contributed by atoms with Gasteiger partial charge in [0.05, 0.1) is 0 Å². The van der Waals surface area contributed by atoms with E-state index in [-0.39, 0.29) is 17.8 Å². The van der Waals surface area contributed by atoms with E-state index in [0.717, 1.165) is 25.2 Å². The van der Waals surface area contributed by atoms with Crippen LogP contribution in [-0.2, 0) is 0 Å². The van der Waals surface area contributed by atoms with E-state index >= 15 is 0 Å². The molecule has 0 bridgehead atoms. The highest BCUT2D eigenvalue weighted by Gasteiger charge is 2.32. The molecule has 23 heavy (non-hydrogen) atoms. The molecule has 0 unspecified atom stereocenters. The molecule has 1 fully saturated rings. The van der Waals surface area contributed by atoms with Crippen molar-refractivity contribution in [2.24, 2.45) is 0 Å². The highest BCUT2D eigenvalue weighted by atomic mass is 19.4. The maximum Gasteiger partial charge on any atom is 0.573 e. The van der Waals surface area contributed by atoms with E-state index in [9.17, 15) is 18.2 Å². The van der Waals surface area contributed by atoms with Crippen LogP contribution in [0.3, 0.4) is 0 Å². The topological polar surface area (TPSA) is 35.9 Å². The predicted octanol–water partition coefficient (Wildman–Crippen LogP) is 2.76. The third-order valence-corrected chi connectivity index (χ3v) is 4.33. The fourth-order valence-electron chi connectivity index (χ4n) is 3.05. The minimum absolute atomic E-state index is 0.0843. The largest absolute Gasteiger partial charge is 0.573 e. The highest BCUT2D eigenvalue weighted by Crippen LogP contribution is 2.28. The lowest BCUT2D eigenvalue weighted by Crippen LogP contribution is -2.56. The Morgan fingerprint density at radius 1 is 1.26 bits per heavy atom. The van der Waals surface area contributed by atoms with Crippen molar-refractivity contribution in [3.8, 4) is 5.75 Å². The number of nitrogens with zero attached hydrogens (tertiary/aromatic N) is 2. The summed E-state index contributed by atoms with van der Waals surface area (Å²) < 4.78 is 40.5. The second-order valence-electron chi connectivity index (χ2n) is 6.01. The highest BCUT2D eigenvalue weighted by molar-refractivity contribution is 6.45. The Hall–Kier alpha value is -1.25. The van der Waals surface area contributed by atoms with Crippen molar-refractivity contribution < 1.29 is 22.9 Å². The summed E-state index contributed by atoms with van der Waals surface area (Å²) in [5.74, 6) is -0.208. The Kier molecular flexibility index (Phi) is 5.59. The summed E-state index contributed by atoms with van der Waals surface area (Å²) in [5.41, 5.74) is 0.942. The fraction of sp³-hybridized carbons (Fsp3) is 0.600. The lowest BCUT2D eigenvalue weighted by molar-refractivity contribution is -0.274. The minimum atomic E-state index is -4.67. The van der Waals surface area contributed by atoms with E-state index in [0.29, 0.717) is 0 Å². The lowest BCUT2D eigenvalue weighted by Gasteiger charge is -2.43. The van der Waals surface area contributed by atoms with E-state index in [1.165, 1.54) is 12.1 Å². The van der Waals surface area contributed by atoms with Crippen LogP contribution in [0.4, 0.5) is 13.2 Å². The third kappa shape index (κ3) is 4.86. The molecule has 0 amide bonds. The molecule has 1 aromatic rings. The summed E-state index contributed by atoms with van der Waals surface area (Å²) >= 11 is 0. The molecular formula is C15H22BF3N2O2. The number of hydrogen-bond acceptors (Lipinski definition) is 4. The summed E-state index contributed by atoms with van der Waals surface area (Å²) in [7, 11) is -0.464. The van der Waals surface area contributed by atoms with Gasteiger partial charge in [0.15, 0.2) is 0 Å². The van der Waals surface area contributed by atoms with Crippen LogP contribution in [0.5, 0.6) is 5.75 Å². The van der Waals surface area contributed by atoms with Gasteiger partial charge in [-0.05, 0) is 38.4 Å². The van der Waals surface area contributed by atoms with E-state index in [4.69, 9.17) is 0 Å².